The molecule has 1 amide bonds. The molecule has 5 nitrogen and oxygen atoms in total. The Morgan fingerprint density at radius 2 is 1.80 bits per heavy atom. The van der Waals surface area contributed by atoms with E-state index in [2.05, 4.69) is 23.3 Å². The zero-order valence-electron chi connectivity index (χ0n) is 18.1. The van der Waals surface area contributed by atoms with Crippen LogP contribution in [0.15, 0.2) is 24.3 Å². The topological polar surface area (TPSA) is 60.5 Å². The van der Waals surface area contributed by atoms with Crippen LogP contribution in [0.5, 0.6) is 0 Å². The van der Waals surface area contributed by atoms with E-state index in [1.165, 1.54) is 31.7 Å². The molecule has 1 saturated heterocycles. The highest BCUT2D eigenvalue weighted by Gasteiger charge is 2.31. The van der Waals surface area contributed by atoms with Crippen LogP contribution < -0.4 is 5.73 Å². The first-order valence-corrected chi connectivity index (χ1v) is 11.4. The molecule has 6 heteroatoms. The summed E-state index contributed by atoms with van der Waals surface area (Å²) < 4.78 is 21.1. The Labute approximate surface area is 178 Å². The SMILES string of the molecule is CC(C)[C@H]1CC[C@@H](N2CCC(n3c(COC(N)=O)cc4cc(F)ccc43)CC2)CC1. The smallest absolute Gasteiger partial charge is 0.404 e. The number of carbonyl (C=O) groups excluding carboxylic acids is 1. The molecule has 164 valence electrons. The lowest BCUT2D eigenvalue weighted by atomic mass is 9.79. The molecule has 0 unspecified atom stereocenters. The van der Waals surface area contributed by atoms with Gasteiger partial charge in [0.25, 0.3) is 0 Å². The third kappa shape index (κ3) is 4.48. The maximum atomic E-state index is 13.7. The number of hydrogen-bond acceptors (Lipinski definition) is 3. The zero-order chi connectivity index (χ0) is 21.3. The van der Waals surface area contributed by atoms with Crippen LogP contribution in [0.3, 0.4) is 0 Å². The van der Waals surface area contributed by atoms with Crippen molar-refractivity contribution in [1.82, 2.24) is 9.47 Å². The van der Waals surface area contributed by atoms with E-state index in [4.69, 9.17) is 10.5 Å². The summed E-state index contributed by atoms with van der Waals surface area (Å²) in [6, 6.07) is 7.83. The van der Waals surface area contributed by atoms with Crippen molar-refractivity contribution in [2.75, 3.05) is 13.1 Å². The third-order valence-corrected chi connectivity index (χ3v) is 7.31. The monoisotopic (exact) mass is 415 g/mol. The van der Waals surface area contributed by atoms with E-state index in [-0.39, 0.29) is 12.4 Å². The number of carbonyl (C=O) groups is 1. The molecular formula is C24H34FN3O2. The number of nitrogens with zero attached hydrogens (tertiary/aromatic N) is 2. The number of amides is 1. The van der Waals surface area contributed by atoms with E-state index in [1.807, 2.05) is 12.1 Å². The Bertz CT molecular complexity index is 878. The normalized spacial score (nSPS) is 23.9. The van der Waals surface area contributed by atoms with Gasteiger partial charge in [0.15, 0.2) is 0 Å². The zero-order valence-corrected chi connectivity index (χ0v) is 18.1. The van der Waals surface area contributed by atoms with E-state index in [9.17, 15) is 9.18 Å². The molecule has 0 atom stereocenters. The fraction of sp³-hybridized carbons (Fsp3) is 0.625. The second kappa shape index (κ2) is 8.96. The third-order valence-electron chi connectivity index (χ3n) is 7.31. The molecule has 30 heavy (non-hydrogen) atoms. The summed E-state index contributed by atoms with van der Waals surface area (Å²) in [5.41, 5.74) is 7.05. The van der Waals surface area contributed by atoms with Crippen molar-refractivity contribution in [1.29, 1.82) is 0 Å². The minimum Gasteiger partial charge on any atom is -0.443 e. The molecule has 0 spiro atoms. The predicted octanol–water partition coefficient (Wildman–Crippen LogP) is 5.23. The first-order valence-electron chi connectivity index (χ1n) is 11.4. The van der Waals surface area contributed by atoms with Gasteiger partial charge in [0.2, 0.25) is 0 Å². The number of fused-ring (bicyclic) bond motifs is 1. The Morgan fingerprint density at radius 3 is 2.43 bits per heavy atom. The maximum absolute atomic E-state index is 13.7. The summed E-state index contributed by atoms with van der Waals surface area (Å²) in [7, 11) is 0. The van der Waals surface area contributed by atoms with Crippen molar-refractivity contribution in [3.8, 4) is 0 Å². The molecule has 1 aromatic carbocycles. The molecule has 1 aliphatic heterocycles. The lowest BCUT2D eigenvalue weighted by Gasteiger charge is -2.42. The van der Waals surface area contributed by atoms with Crippen LogP contribution in [0.25, 0.3) is 10.9 Å². The number of primary amides is 1. The fourth-order valence-corrected chi connectivity index (χ4v) is 5.59. The molecule has 2 aliphatic rings. The van der Waals surface area contributed by atoms with Crippen LogP contribution in [0, 0.1) is 17.7 Å². The molecule has 0 radical (unpaired) electrons. The minimum absolute atomic E-state index is 0.116. The van der Waals surface area contributed by atoms with Crippen LogP contribution in [0.1, 0.15) is 64.1 Å². The quantitative estimate of drug-likeness (QED) is 0.728. The number of aromatic nitrogens is 1. The van der Waals surface area contributed by atoms with Crippen molar-refractivity contribution in [3.63, 3.8) is 0 Å². The molecule has 0 bridgehead atoms. The Hall–Kier alpha value is -2.08. The summed E-state index contributed by atoms with van der Waals surface area (Å²) >= 11 is 0. The number of nitrogens with two attached hydrogens (primary N) is 1. The number of piperidine rings is 1. The van der Waals surface area contributed by atoms with Gasteiger partial charge < -0.3 is 19.9 Å². The van der Waals surface area contributed by atoms with E-state index < -0.39 is 6.09 Å². The number of hydrogen-bond donors (Lipinski definition) is 1. The van der Waals surface area contributed by atoms with Crippen molar-refractivity contribution in [3.05, 3.63) is 35.8 Å². The van der Waals surface area contributed by atoms with Gasteiger partial charge in [-0.1, -0.05) is 13.8 Å². The number of benzene rings is 1. The Kier molecular flexibility index (Phi) is 6.32. The Morgan fingerprint density at radius 1 is 1.10 bits per heavy atom. The van der Waals surface area contributed by atoms with Gasteiger partial charge in [-0.05, 0) is 74.6 Å². The van der Waals surface area contributed by atoms with Gasteiger partial charge in [0, 0.05) is 36.1 Å². The first kappa shape index (κ1) is 21.2. The molecule has 1 aliphatic carbocycles. The molecule has 2 fully saturated rings. The lowest BCUT2D eigenvalue weighted by Crippen LogP contribution is -2.44. The van der Waals surface area contributed by atoms with Gasteiger partial charge in [0.1, 0.15) is 12.4 Å². The number of likely N-dealkylation sites (tertiary alicyclic amines) is 1. The summed E-state index contributed by atoms with van der Waals surface area (Å²) in [5.74, 6) is 1.43. The summed E-state index contributed by atoms with van der Waals surface area (Å²) in [5, 5.41) is 0.840. The molecular weight excluding hydrogens is 381 g/mol. The van der Waals surface area contributed by atoms with Crippen LogP contribution in [-0.4, -0.2) is 34.7 Å². The van der Waals surface area contributed by atoms with E-state index in [1.54, 1.807) is 6.07 Å². The van der Waals surface area contributed by atoms with Crippen LogP contribution >= 0.6 is 0 Å². The molecule has 1 saturated carbocycles. The first-order chi connectivity index (χ1) is 14.4. The van der Waals surface area contributed by atoms with Gasteiger partial charge in [-0.3, -0.25) is 0 Å². The van der Waals surface area contributed by atoms with Crippen LogP contribution in [0.2, 0.25) is 0 Å². The second-order valence-electron chi connectivity index (χ2n) is 9.40. The molecule has 2 heterocycles. The van der Waals surface area contributed by atoms with Crippen molar-refractivity contribution < 1.29 is 13.9 Å². The summed E-state index contributed by atoms with van der Waals surface area (Å²) in [4.78, 5) is 13.8. The molecule has 2 N–H and O–H groups in total. The fourth-order valence-electron chi connectivity index (χ4n) is 5.59. The van der Waals surface area contributed by atoms with Crippen molar-refractivity contribution >= 4 is 17.0 Å². The molecule has 2 aromatic rings. The van der Waals surface area contributed by atoms with Crippen molar-refractivity contribution in [2.24, 2.45) is 17.6 Å². The summed E-state index contributed by atoms with van der Waals surface area (Å²) in [6.45, 7) is 6.98. The van der Waals surface area contributed by atoms with Gasteiger partial charge in [-0.15, -0.1) is 0 Å². The highest BCUT2D eigenvalue weighted by molar-refractivity contribution is 5.81. The van der Waals surface area contributed by atoms with Crippen LogP contribution in [0.4, 0.5) is 9.18 Å². The van der Waals surface area contributed by atoms with Gasteiger partial charge in [-0.25, -0.2) is 9.18 Å². The number of ether oxygens (including phenoxy) is 1. The Balaban J connectivity index is 1.46. The predicted molar refractivity (Wildman–Crippen MR) is 117 cm³/mol. The summed E-state index contributed by atoms with van der Waals surface area (Å²) in [6.07, 6.45) is 6.65. The highest BCUT2D eigenvalue weighted by Crippen LogP contribution is 2.36. The second-order valence-corrected chi connectivity index (χ2v) is 9.40. The molecule has 1 aromatic heterocycles. The average Bonchev–Trinajstić information content (AvgIpc) is 3.09. The standard InChI is InChI=1S/C24H34FN3O2/c1-16(2)17-3-6-20(7-4-17)27-11-9-21(10-12-27)28-22(15-30-24(26)29)14-18-13-19(25)5-8-23(18)28/h5,8,13-14,16-17,20-21H,3-4,6-7,9-12,15H2,1-2H3,(H2,26,29)/t17-,20+. The van der Waals surface area contributed by atoms with E-state index >= 15 is 0 Å². The maximum Gasteiger partial charge on any atom is 0.404 e. The van der Waals surface area contributed by atoms with Crippen molar-refractivity contribution in [2.45, 2.75) is 71.1 Å². The van der Waals surface area contributed by atoms with E-state index in [0.29, 0.717) is 12.1 Å². The van der Waals surface area contributed by atoms with Crippen LogP contribution in [-0.2, 0) is 11.3 Å². The minimum atomic E-state index is -0.787. The van der Waals surface area contributed by atoms with Gasteiger partial charge >= 0.3 is 6.09 Å². The lowest BCUT2D eigenvalue weighted by molar-refractivity contribution is 0.0876. The van der Waals surface area contributed by atoms with Gasteiger partial charge in [0.05, 0.1) is 5.69 Å². The molecule has 4 rings (SSSR count). The largest absolute Gasteiger partial charge is 0.443 e. The number of rotatable bonds is 5. The average molecular weight is 416 g/mol. The van der Waals surface area contributed by atoms with E-state index in [0.717, 1.165) is 54.4 Å². The number of halogens is 1. The highest BCUT2D eigenvalue weighted by atomic mass is 19.1. The van der Waals surface area contributed by atoms with Gasteiger partial charge in [-0.2, -0.15) is 0 Å².